The Labute approximate surface area is 201 Å². The maximum atomic E-state index is 11.3. The van der Waals surface area contributed by atoms with Crippen molar-refractivity contribution in [3.8, 4) is 11.8 Å². The molecular formula is C30H44O3. The number of allylic oxidation sites excluding steroid dienone is 5. The van der Waals surface area contributed by atoms with Crippen LogP contribution in [0.1, 0.15) is 98.3 Å². The van der Waals surface area contributed by atoms with Crippen LogP contribution in [0.5, 0.6) is 0 Å². The zero-order chi connectivity index (χ0) is 24.3. The Kier molecular flexibility index (Phi) is 8.15. The Bertz CT molecular complexity index is 891. The summed E-state index contributed by atoms with van der Waals surface area (Å²) in [6, 6.07) is 0. The lowest BCUT2D eigenvalue weighted by molar-refractivity contribution is -0.0174. The van der Waals surface area contributed by atoms with Crippen LogP contribution in [0.2, 0.25) is 0 Å². The van der Waals surface area contributed by atoms with Crippen molar-refractivity contribution >= 4 is 0 Å². The topological polar surface area (TPSA) is 60.7 Å². The van der Waals surface area contributed by atoms with E-state index in [2.05, 4.69) is 50.5 Å². The van der Waals surface area contributed by atoms with Gasteiger partial charge in [0, 0.05) is 19.3 Å². The second kappa shape index (κ2) is 10.3. The standard InChI is InChI=1S/C30H44O3/c1-6-25-15-16-26-23(12-11-17-28(25,26)5)13-14-24-20-30(33,21-27(31)22(24)4)19-10-9-18-29(32,7-2)8-3/h13-15,26-27,31-33H,4,6-8,10-12,16-17,19-21H2,1-3,5H3/t26-,27-,28+,30+/m0/s1. The molecule has 0 aliphatic heterocycles. The molecule has 33 heavy (non-hydrogen) atoms. The van der Waals surface area contributed by atoms with Crippen molar-refractivity contribution in [2.24, 2.45) is 11.3 Å². The molecule has 0 spiro atoms. The molecule has 3 nitrogen and oxygen atoms in total. The van der Waals surface area contributed by atoms with E-state index in [4.69, 9.17) is 0 Å². The first-order valence-electron chi connectivity index (χ1n) is 13.0. The van der Waals surface area contributed by atoms with Crippen molar-refractivity contribution in [1.82, 2.24) is 0 Å². The van der Waals surface area contributed by atoms with E-state index in [-0.39, 0.29) is 6.42 Å². The smallest absolute Gasteiger partial charge is 0.125 e. The van der Waals surface area contributed by atoms with Crippen LogP contribution in [-0.2, 0) is 0 Å². The first-order valence-corrected chi connectivity index (χ1v) is 13.0. The molecular weight excluding hydrogens is 408 g/mol. The van der Waals surface area contributed by atoms with Gasteiger partial charge in [0.25, 0.3) is 0 Å². The van der Waals surface area contributed by atoms with Crippen molar-refractivity contribution in [3.63, 3.8) is 0 Å². The fourth-order valence-corrected chi connectivity index (χ4v) is 6.20. The van der Waals surface area contributed by atoms with Gasteiger partial charge in [-0.05, 0) is 73.8 Å². The van der Waals surface area contributed by atoms with Crippen LogP contribution in [-0.4, -0.2) is 32.6 Å². The van der Waals surface area contributed by atoms with E-state index in [0.717, 1.165) is 30.4 Å². The Morgan fingerprint density at radius 1 is 1.24 bits per heavy atom. The van der Waals surface area contributed by atoms with Gasteiger partial charge in [0.05, 0.1) is 11.7 Å². The SMILES string of the molecule is C=C1C(=CC=C2CCC[C@]3(C)C(CC)=CC[C@@H]23)C[C@](O)(CCC#CC(O)(CC)CC)C[C@@H]1O. The summed E-state index contributed by atoms with van der Waals surface area (Å²) in [5, 5.41) is 32.3. The van der Waals surface area contributed by atoms with E-state index in [1.165, 1.54) is 18.4 Å². The third-order valence-corrected chi connectivity index (χ3v) is 8.70. The van der Waals surface area contributed by atoms with E-state index in [0.29, 0.717) is 43.4 Å². The van der Waals surface area contributed by atoms with Crippen molar-refractivity contribution in [3.05, 3.63) is 47.1 Å². The van der Waals surface area contributed by atoms with Crippen LogP contribution >= 0.6 is 0 Å². The molecule has 0 heterocycles. The number of fused-ring (bicyclic) bond motifs is 1. The highest BCUT2D eigenvalue weighted by Crippen LogP contribution is 2.55. The van der Waals surface area contributed by atoms with Gasteiger partial charge < -0.3 is 15.3 Å². The molecule has 0 radical (unpaired) electrons. The van der Waals surface area contributed by atoms with Gasteiger partial charge >= 0.3 is 0 Å². The molecule has 182 valence electrons. The summed E-state index contributed by atoms with van der Waals surface area (Å²) in [5.41, 5.74) is 3.13. The minimum absolute atomic E-state index is 0.289. The molecule has 0 amide bonds. The van der Waals surface area contributed by atoms with E-state index >= 15 is 0 Å². The summed E-state index contributed by atoms with van der Waals surface area (Å²) in [7, 11) is 0. The monoisotopic (exact) mass is 452 g/mol. The number of hydrogen-bond donors (Lipinski definition) is 3. The highest BCUT2D eigenvalue weighted by Gasteiger charge is 2.44. The van der Waals surface area contributed by atoms with Gasteiger partial charge in [0.2, 0.25) is 0 Å². The molecule has 2 fully saturated rings. The molecule has 0 bridgehead atoms. The van der Waals surface area contributed by atoms with Crippen LogP contribution in [0.25, 0.3) is 0 Å². The minimum Gasteiger partial charge on any atom is -0.389 e. The summed E-state index contributed by atoms with van der Waals surface area (Å²) in [6.45, 7) is 12.7. The fourth-order valence-electron chi connectivity index (χ4n) is 6.20. The Morgan fingerprint density at radius 3 is 2.64 bits per heavy atom. The predicted octanol–water partition coefficient (Wildman–Crippen LogP) is 6.16. The van der Waals surface area contributed by atoms with E-state index in [1.807, 2.05) is 13.8 Å². The molecule has 3 aliphatic rings. The Hall–Kier alpha value is -1.60. The molecule has 0 aromatic rings. The Balaban J connectivity index is 1.74. The molecule has 3 rings (SSSR count). The Morgan fingerprint density at radius 2 is 1.97 bits per heavy atom. The molecule has 4 atom stereocenters. The normalized spacial score (nSPS) is 34.8. The summed E-state index contributed by atoms with van der Waals surface area (Å²) in [5.74, 6) is 6.61. The van der Waals surface area contributed by atoms with Gasteiger partial charge in [0.1, 0.15) is 5.60 Å². The van der Waals surface area contributed by atoms with Crippen molar-refractivity contribution < 1.29 is 15.3 Å². The highest BCUT2D eigenvalue weighted by molar-refractivity contribution is 5.41. The predicted molar refractivity (Wildman–Crippen MR) is 136 cm³/mol. The number of aliphatic hydroxyl groups is 3. The third-order valence-electron chi connectivity index (χ3n) is 8.70. The molecule has 3 N–H and O–H groups in total. The number of aliphatic hydroxyl groups excluding tert-OH is 1. The van der Waals surface area contributed by atoms with Gasteiger partial charge in [-0.3, -0.25) is 0 Å². The second-order valence-corrected chi connectivity index (χ2v) is 10.8. The average Bonchev–Trinajstić information content (AvgIpc) is 3.14. The van der Waals surface area contributed by atoms with E-state index in [1.54, 1.807) is 5.57 Å². The van der Waals surface area contributed by atoms with Crippen LogP contribution < -0.4 is 0 Å². The summed E-state index contributed by atoms with van der Waals surface area (Å²) < 4.78 is 0. The average molecular weight is 453 g/mol. The van der Waals surface area contributed by atoms with Crippen molar-refractivity contribution in [2.45, 2.75) is 116 Å². The highest BCUT2D eigenvalue weighted by atomic mass is 16.3. The molecule has 2 saturated carbocycles. The molecule has 3 aliphatic carbocycles. The fraction of sp³-hybridized carbons (Fsp3) is 0.667. The van der Waals surface area contributed by atoms with Crippen LogP contribution in [0.3, 0.4) is 0 Å². The summed E-state index contributed by atoms with van der Waals surface area (Å²) in [6.07, 6.45) is 14.9. The van der Waals surface area contributed by atoms with E-state index in [9.17, 15) is 15.3 Å². The maximum absolute atomic E-state index is 11.3. The largest absolute Gasteiger partial charge is 0.389 e. The molecule has 0 unspecified atom stereocenters. The first kappa shape index (κ1) is 26.0. The summed E-state index contributed by atoms with van der Waals surface area (Å²) >= 11 is 0. The third kappa shape index (κ3) is 5.56. The summed E-state index contributed by atoms with van der Waals surface area (Å²) in [4.78, 5) is 0. The second-order valence-electron chi connectivity index (χ2n) is 10.8. The van der Waals surface area contributed by atoms with Crippen LogP contribution in [0.15, 0.2) is 47.1 Å². The number of rotatable bonds is 6. The van der Waals surface area contributed by atoms with Crippen molar-refractivity contribution in [1.29, 1.82) is 0 Å². The molecule has 0 aromatic carbocycles. The van der Waals surface area contributed by atoms with Gasteiger partial charge in [-0.15, -0.1) is 5.92 Å². The van der Waals surface area contributed by atoms with Crippen LogP contribution in [0, 0.1) is 23.2 Å². The van der Waals surface area contributed by atoms with Gasteiger partial charge in [-0.1, -0.05) is 69.6 Å². The molecule has 3 heteroatoms. The minimum atomic E-state index is -0.998. The lowest BCUT2D eigenvalue weighted by atomic mass is 9.64. The number of hydrogen-bond acceptors (Lipinski definition) is 3. The van der Waals surface area contributed by atoms with E-state index < -0.39 is 17.3 Å². The lowest BCUT2D eigenvalue weighted by Crippen LogP contribution is -2.39. The van der Waals surface area contributed by atoms with Crippen LogP contribution in [0.4, 0.5) is 0 Å². The van der Waals surface area contributed by atoms with Gasteiger partial charge in [-0.2, -0.15) is 0 Å². The maximum Gasteiger partial charge on any atom is 0.125 e. The molecule has 0 saturated heterocycles. The van der Waals surface area contributed by atoms with Crippen molar-refractivity contribution in [2.75, 3.05) is 0 Å². The zero-order valence-electron chi connectivity index (χ0n) is 21.2. The quantitative estimate of drug-likeness (QED) is 0.334. The first-order chi connectivity index (χ1) is 15.6. The van der Waals surface area contributed by atoms with Gasteiger partial charge in [-0.25, -0.2) is 0 Å². The van der Waals surface area contributed by atoms with Gasteiger partial charge in [0.15, 0.2) is 0 Å². The lowest BCUT2D eigenvalue weighted by Gasteiger charge is -2.41. The molecule has 0 aromatic heterocycles. The zero-order valence-corrected chi connectivity index (χ0v) is 21.2.